The quantitative estimate of drug-likeness (QED) is 0.0882. The molecule has 7 nitrogen and oxygen atoms in total. The topological polar surface area (TPSA) is 128 Å². The molecule has 0 spiro atoms. The van der Waals surface area contributed by atoms with Gasteiger partial charge in [0.2, 0.25) is 5.60 Å². The maximum Gasteiger partial charge on any atom is 0.454 e. The minimum Gasteiger partial charge on any atom is -0.415 e. The van der Waals surface area contributed by atoms with Crippen molar-refractivity contribution in [2.45, 2.75) is 55.4 Å². The molecule has 2 fully saturated rings. The Balaban J connectivity index is 0.000000184. The number of carbonyl (C=O) groups is 2. The van der Waals surface area contributed by atoms with Gasteiger partial charge in [-0.1, -0.05) is 52.6 Å². The maximum atomic E-state index is 13.6. The number of benzene rings is 3. The van der Waals surface area contributed by atoms with E-state index in [1.165, 1.54) is 30.3 Å². The van der Waals surface area contributed by atoms with Crippen molar-refractivity contribution in [2.24, 2.45) is 11.8 Å². The van der Waals surface area contributed by atoms with Gasteiger partial charge in [0.1, 0.15) is 0 Å². The van der Waals surface area contributed by atoms with Crippen molar-refractivity contribution in [1.29, 1.82) is 0 Å². The van der Waals surface area contributed by atoms with Crippen molar-refractivity contribution in [2.75, 3.05) is 16.8 Å². The molecular formula is C35H25Cl3F9N3O4. The number of cyclic esters (lactones) is 1. The Morgan fingerprint density at radius 3 is 1.85 bits per heavy atom. The minimum absolute atomic E-state index is 0.00179. The number of nitrogens with one attached hydrogen (secondary N) is 1. The molecule has 2 aliphatic carbocycles. The molecule has 3 aliphatic rings. The largest absolute Gasteiger partial charge is 0.454 e. The van der Waals surface area contributed by atoms with E-state index in [9.17, 15) is 54.2 Å². The lowest BCUT2D eigenvalue weighted by molar-refractivity contribution is -0.240. The molecule has 2 atom stereocenters. The van der Waals surface area contributed by atoms with Crippen LogP contribution in [0.2, 0.25) is 15.1 Å². The molecule has 6 rings (SSSR count). The second kappa shape index (κ2) is 15.7. The summed E-state index contributed by atoms with van der Waals surface area (Å²) in [5.74, 6) is 6.89. The molecule has 3 aromatic rings. The van der Waals surface area contributed by atoms with Gasteiger partial charge in [-0.15, -0.1) is 0 Å². The number of nitrogens with two attached hydrogens (primary N) is 2. The van der Waals surface area contributed by atoms with E-state index in [0.29, 0.717) is 0 Å². The predicted molar refractivity (Wildman–Crippen MR) is 182 cm³/mol. The second-order valence-corrected chi connectivity index (χ2v) is 13.3. The van der Waals surface area contributed by atoms with E-state index in [1.807, 2.05) is 5.92 Å². The van der Waals surface area contributed by atoms with Crippen LogP contribution in [-0.2, 0) is 15.9 Å². The normalized spacial score (nSPS) is 18.9. The number of ether oxygens (including phenoxy) is 1. The molecule has 0 saturated heterocycles. The van der Waals surface area contributed by atoms with Crippen LogP contribution in [-0.4, -0.2) is 35.5 Å². The number of rotatable bonds is 2. The first kappa shape index (κ1) is 42.3. The highest BCUT2D eigenvalue weighted by Crippen LogP contribution is 2.48. The van der Waals surface area contributed by atoms with E-state index in [1.54, 1.807) is 0 Å². The third-order valence-electron chi connectivity index (χ3n) is 7.64. The second-order valence-electron chi connectivity index (χ2n) is 12.0. The molecule has 6 N–H and O–H groups in total. The van der Waals surface area contributed by atoms with Crippen molar-refractivity contribution in [3.63, 3.8) is 0 Å². The van der Waals surface area contributed by atoms with Crippen LogP contribution in [0, 0.1) is 35.5 Å². The first-order valence-corrected chi connectivity index (χ1v) is 16.4. The molecule has 288 valence electrons. The van der Waals surface area contributed by atoms with Crippen molar-refractivity contribution < 1.29 is 58.9 Å². The van der Waals surface area contributed by atoms with Gasteiger partial charge in [0, 0.05) is 49.4 Å². The van der Waals surface area contributed by atoms with E-state index in [-0.39, 0.29) is 49.5 Å². The lowest BCUT2D eigenvalue weighted by Crippen LogP contribution is -2.49. The summed E-state index contributed by atoms with van der Waals surface area (Å²) in [4.78, 5) is 22.3. The van der Waals surface area contributed by atoms with Crippen LogP contribution in [0.3, 0.4) is 0 Å². The third-order valence-corrected chi connectivity index (χ3v) is 8.34. The first-order chi connectivity index (χ1) is 24.9. The number of halogens is 12. The molecule has 1 heterocycles. The number of hydrogen-bond donors (Lipinski definition) is 4. The van der Waals surface area contributed by atoms with Gasteiger partial charge in [-0.3, -0.25) is 10.1 Å². The van der Waals surface area contributed by atoms with Gasteiger partial charge in [-0.2, -0.15) is 39.5 Å². The Hall–Kier alpha value is -4.48. The average Bonchev–Trinajstić information content (AvgIpc) is 4.00. The van der Waals surface area contributed by atoms with Crippen LogP contribution in [0.15, 0.2) is 54.6 Å². The van der Waals surface area contributed by atoms with Crippen molar-refractivity contribution in [3.8, 4) is 23.7 Å². The highest BCUT2D eigenvalue weighted by Gasteiger charge is 2.62. The lowest BCUT2D eigenvalue weighted by atomic mass is 9.90. The Kier molecular flexibility index (Phi) is 12.3. The molecule has 19 heteroatoms. The number of hydrogen-bond acceptors (Lipinski definition) is 6. The van der Waals surface area contributed by atoms with Crippen LogP contribution in [0.4, 0.5) is 61.4 Å². The molecule has 0 unspecified atom stereocenters. The Morgan fingerprint density at radius 1 is 0.796 bits per heavy atom. The molecular weight excluding hydrogens is 804 g/mol. The number of alkyl halides is 9. The van der Waals surface area contributed by atoms with Gasteiger partial charge in [0.15, 0.2) is 0 Å². The molecule has 1 aliphatic heterocycles. The summed E-state index contributed by atoms with van der Waals surface area (Å²) in [6, 6.07) is 10.7. The Morgan fingerprint density at radius 2 is 1.31 bits per heavy atom. The predicted octanol–water partition coefficient (Wildman–Crippen LogP) is 9.83. The number of carbonyl (C=O) groups excluding carboxylic acids is 2. The molecule has 2 saturated carbocycles. The van der Waals surface area contributed by atoms with Gasteiger partial charge in [-0.05, 0) is 86.2 Å². The van der Waals surface area contributed by atoms with Crippen LogP contribution in [0.1, 0.15) is 47.2 Å². The summed E-state index contributed by atoms with van der Waals surface area (Å²) in [7, 11) is 0. The standard InChI is InChI=1S/C14H9ClF3NO2.C13H11ClF3NO.C8H5ClF3NO/c15-9-3-4-11-10(7-9)13(14(16,17)18,21-12(20)19-11)6-5-8-1-2-8;14-9-3-4-11(18)10(7-9)12(19,13(15,16)17)6-5-8-1-2-8;9-4-1-2-6(13)5(3-4)7(14)8(10,11)12/h3-4,7-8H,1-2H2,(H,19,20);3-4,7-8,19H,1-2,18H2;1-3H,13H2/t13-;12-;/m00./s1. The maximum absolute atomic E-state index is 13.6. The fraction of sp³-hybridized carbons (Fsp3) is 0.314. The highest BCUT2D eigenvalue weighted by molar-refractivity contribution is 6.31. The zero-order valence-corrected chi connectivity index (χ0v) is 29.3. The number of ketones is 1. The van der Waals surface area contributed by atoms with Crippen LogP contribution in [0.5, 0.6) is 0 Å². The van der Waals surface area contributed by atoms with E-state index < -0.39 is 52.7 Å². The van der Waals surface area contributed by atoms with Gasteiger partial charge in [-0.25, -0.2) is 4.79 Å². The first-order valence-electron chi connectivity index (χ1n) is 15.3. The van der Waals surface area contributed by atoms with Crippen LogP contribution >= 0.6 is 34.8 Å². The summed E-state index contributed by atoms with van der Waals surface area (Å²) >= 11 is 16.9. The van der Waals surface area contributed by atoms with Gasteiger partial charge < -0.3 is 21.3 Å². The molecule has 0 radical (unpaired) electrons. The van der Waals surface area contributed by atoms with Crippen molar-refractivity contribution >= 4 is 63.7 Å². The third kappa shape index (κ3) is 9.98. The Bertz CT molecular complexity index is 2060. The SMILES string of the molecule is Nc1ccc(Cl)cc1C(=O)C(F)(F)F.Nc1ccc(Cl)cc1[C@@](O)(C#CC1CC1)C(F)(F)F.O=C1Nc2ccc(Cl)cc2[C@@](C#CC2CC2)(C(F)(F)F)O1. The summed E-state index contributed by atoms with van der Waals surface area (Å²) in [6.45, 7) is 0. The summed E-state index contributed by atoms with van der Waals surface area (Å²) in [6.07, 6.45) is -12.9. The minimum atomic E-state index is -4.95. The molecule has 3 aromatic carbocycles. The van der Waals surface area contributed by atoms with Crippen LogP contribution in [0.25, 0.3) is 0 Å². The van der Waals surface area contributed by atoms with Crippen molar-refractivity contribution in [3.05, 3.63) is 86.4 Å². The van der Waals surface area contributed by atoms with E-state index in [2.05, 4.69) is 27.8 Å². The van der Waals surface area contributed by atoms with Gasteiger partial charge in [0.05, 0.1) is 11.3 Å². The number of Topliss-reactive ketones (excluding diaryl/α,β-unsaturated/α-hetero) is 1. The number of anilines is 3. The van der Waals surface area contributed by atoms with Gasteiger partial charge in [0.25, 0.3) is 11.4 Å². The van der Waals surface area contributed by atoms with E-state index in [4.69, 9.17) is 46.3 Å². The molecule has 1 amide bonds. The lowest BCUT2D eigenvalue weighted by Gasteiger charge is -2.35. The summed E-state index contributed by atoms with van der Waals surface area (Å²) in [5, 5.41) is 12.4. The summed E-state index contributed by atoms with van der Waals surface area (Å²) in [5.41, 5.74) is 2.57. The zero-order valence-electron chi connectivity index (χ0n) is 27.0. The fourth-order valence-corrected chi connectivity index (χ4v) is 5.01. The fourth-order valence-electron chi connectivity index (χ4n) is 4.50. The highest BCUT2D eigenvalue weighted by atomic mass is 35.5. The number of aliphatic hydroxyl groups is 1. The van der Waals surface area contributed by atoms with Gasteiger partial charge >= 0.3 is 24.6 Å². The monoisotopic (exact) mass is 827 g/mol. The number of fused-ring (bicyclic) bond motifs is 1. The molecule has 0 bridgehead atoms. The number of nitrogen functional groups attached to an aromatic ring is 2. The van der Waals surface area contributed by atoms with Crippen LogP contribution < -0.4 is 16.8 Å². The smallest absolute Gasteiger partial charge is 0.415 e. The van der Waals surface area contributed by atoms with E-state index in [0.717, 1.165) is 49.9 Å². The Labute approximate surface area is 316 Å². The molecule has 54 heavy (non-hydrogen) atoms. The number of amides is 1. The molecule has 0 aromatic heterocycles. The zero-order chi connectivity index (χ0) is 40.4. The average molecular weight is 829 g/mol. The van der Waals surface area contributed by atoms with Crippen molar-refractivity contribution in [1.82, 2.24) is 0 Å². The van der Waals surface area contributed by atoms with E-state index >= 15 is 0 Å². The summed E-state index contributed by atoms with van der Waals surface area (Å²) < 4.78 is 121.